The highest BCUT2D eigenvalue weighted by Gasteiger charge is 2.26. The van der Waals surface area contributed by atoms with E-state index in [4.69, 9.17) is 0 Å². The zero-order chi connectivity index (χ0) is 12.0. The Kier molecular flexibility index (Phi) is 5.46. The van der Waals surface area contributed by atoms with Crippen LogP contribution in [0.4, 0.5) is 0 Å². The predicted molar refractivity (Wildman–Crippen MR) is 70.8 cm³/mol. The van der Waals surface area contributed by atoms with Crippen molar-refractivity contribution in [2.24, 2.45) is 5.41 Å². The van der Waals surface area contributed by atoms with Crippen molar-refractivity contribution >= 4 is 11.3 Å². The number of hydrogen-bond donors (Lipinski definition) is 1. The third kappa shape index (κ3) is 3.58. The second kappa shape index (κ2) is 6.38. The second-order valence-electron chi connectivity index (χ2n) is 4.62. The summed E-state index contributed by atoms with van der Waals surface area (Å²) >= 11 is 1.80. The third-order valence-corrected chi connectivity index (χ3v) is 4.31. The normalized spacial score (nSPS) is 12.3. The fourth-order valence-corrected chi connectivity index (χ4v) is 2.83. The molecule has 0 saturated carbocycles. The summed E-state index contributed by atoms with van der Waals surface area (Å²) in [6.45, 7) is 6.57. The zero-order valence-electron chi connectivity index (χ0n) is 10.6. The molecule has 1 rings (SSSR count). The highest BCUT2D eigenvalue weighted by molar-refractivity contribution is 7.09. The SMILES string of the molecule is CCC(CC)(CO)CN(C)Cc1cccs1. The van der Waals surface area contributed by atoms with Crippen molar-refractivity contribution in [1.29, 1.82) is 0 Å². The second-order valence-corrected chi connectivity index (χ2v) is 5.65. The van der Waals surface area contributed by atoms with Gasteiger partial charge in [-0.1, -0.05) is 19.9 Å². The van der Waals surface area contributed by atoms with Crippen molar-refractivity contribution in [2.75, 3.05) is 20.2 Å². The molecule has 0 amide bonds. The van der Waals surface area contributed by atoms with Crippen molar-refractivity contribution < 1.29 is 5.11 Å². The molecule has 0 atom stereocenters. The molecule has 0 fully saturated rings. The van der Waals surface area contributed by atoms with Crippen molar-refractivity contribution in [3.8, 4) is 0 Å². The van der Waals surface area contributed by atoms with Gasteiger partial charge in [0.05, 0.1) is 0 Å². The monoisotopic (exact) mass is 241 g/mol. The van der Waals surface area contributed by atoms with Gasteiger partial charge in [0.15, 0.2) is 0 Å². The Labute approximate surface area is 103 Å². The van der Waals surface area contributed by atoms with Crippen molar-refractivity contribution in [3.05, 3.63) is 22.4 Å². The van der Waals surface area contributed by atoms with Crippen molar-refractivity contribution in [3.63, 3.8) is 0 Å². The molecular weight excluding hydrogens is 218 g/mol. The molecule has 1 aromatic rings. The van der Waals surface area contributed by atoms with E-state index >= 15 is 0 Å². The Morgan fingerprint density at radius 3 is 2.50 bits per heavy atom. The quantitative estimate of drug-likeness (QED) is 0.793. The minimum atomic E-state index is 0.0754. The summed E-state index contributed by atoms with van der Waals surface area (Å²) in [5.74, 6) is 0. The number of aliphatic hydroxyl groups is 1. The Balaban J connectivity index is 2.51. The molecule has 0 radical (unpaired) electrons. The molecule has 0 aliphatic carbocycles. The van der Waals surface area contributed by atoms with E-state index < -0.39 is 0 Å². The lowest BCUT2D eigenvalue weighted by Gasteiger charge is -2.33. The van der Waals surface area contributed by atoms with Crippen LogP contribution in [-0.2, 0) is 6.54 Å². The number of nitrogens with zero attached hydrogens (tertiary/aromatic N) is 1. The minimum Gasteiger partial charge on any atom is -0.396 e. The van der Waals surface area contributed by atoms with E-state index in [0.717, 1.165) is 25.9 Å². The van der Waals surface area contributed by atoms with Gasteiger partial charge in [0, 0.05) is 30.0 Å². The van der Waals surface area contributed by atoms with Gasteiger partial charge >= 0.3 is 0 Å². The molecule has 0 aliphatic rings. The van der Waals surface area contributed by atoms with Gasteiger partial charge in [-0.05, 0) is 31.3 Å². The third-order valence-electron chi connectivity index (χ3n) is 3.45. The van der Waals surface area contributed by atoms with E-state index in [2.05, 4.69) is 43.3 Å². The van der Waals surface area contributed by atoms with E-state index in [1.54, 1.807) is 11.3 Å². The fourth-order valence-electron chi connectivity index (χ4n) is 2.04. The maximum atomic E-state index is 9.53. The van der Waals surface area contributed by atoms with E-state index in [-0.39, 0.29) is 12.0 Å². The van der Waals surface area contributed by atoms with Gasteiger partial charge in [0.2, 0.25) is 0 Å². The molecular formula is C13H23NOS. The Bertz CT molecular complexity index is 272. The molecule has 92 valence electrons. The smallest absolute Gasteiger partial charge is 0.0499 e. The van der Waals surface area contributed by atoms with Crippen LogP contribution in [0.2, 0.25) is 0 Å². The standard InChI is InChI=1S/C13H23NOS/c1-4-13(5-2,11-15)10-14(3)9-12-7-6-8-16-12/h6-8,15H,4-5,9-11H2,1-3H3. The van der Waals surface area contributed by atoms with Crippen molar-refractivity contribution in [2.45, 2.75) is 33.2 Å². The highest BCUT2D eigenvalue weighted by Crippen LogP contribution is 2.27. The number of hydrogen-bond acceptors (Lipinski definition) is 3. The molecule has 1 N–H and O–H groups in total. The summed E-state index contributed by atoms with van der Waals surface area (Å²) in [5, 5.41) is 11.6. The van der Waals surface area contributed by atoms with E-state index in [9.17, 15) is 5.11 Å². The van der Waals surface area contributed by atoms with Gasteiger partial charge in [-0.2, -0.15) is 0 Å². The van der Waals surface area contributed by atoms with E-state index in [0.29, 0.717) is 0 Å². The topological polar surface area (TPSA) is 23.5 Å². The van der Waals surface area contributed by atoms with Gasteiger partial charge in [-0.25, -0.2) is 0 Å². The Hall–Kier alpha value is -0.380. The molecule has 2 nitrogen and oxygen atoms in total. The van der Waals surface area contributed by atoms with E-state index in [1.807, 2.05) is 0 Å². The van der Waals surface area contributed by atoms with Crippen LogP contribution >= 0.6 is 11.3 Å². The maximum absolute atomic E-state index is 9.53. The molecule has 0 unspecified atom stereocenters. The molecule has 0 aromatic carbocycles. The van der Waals surface area contributed by atoms with Gasteiger partial charge in [-0.15, -0.1) is 11.3 Å². The van der Waals surface area contributed by atoms with Crippen LogP contribution in [0.1, 0.15) is 31.6 Å². The summed E-state index contributed by atoms with van der Waals surface area (Å²) in [7, 11) is 2.13. The number of thiophene rings is 1. The first-order valence-corrected chi connectivity index (χ1v) is 6.85. The van der Waals surface area contributed by atoms with Crippen LogP contribution in [0.5, 0.6) is 0 Å². The lowest BCUT2D eigenvalue weighted by Crippen LogP contribution is -2.37. The molecule has 0 aliphatic heterocycles. The number of rotatable bonds is 7. The largest absolute Gasteiger partial charge is 0.396 e. The fraction of sp³-hybridized carbons (Fsp3) is 0.692. The van der Waals surface area contributed by atoms with Crippen LogP contribution < -0.4 is 0 Å². The molecule has 0 spiro atoms. The summed E-state index contributed by atoms with van der Waals surface area (Å²) in [6, 6.07) is 4.26. The first-order chi connectivity index (χ1) is 7.65. The Morgan fingerprint density at radius 1 is 1.38 bits per heavy atom. The van der Waals surface area contributed by atoms with Crippen LogP contribution in [-0.4, -0.2) is 30.2 Å². The Morgan fingerprint density at radius 2 is 2.06 bits per heavy atom. The predicted octanol–water partition coefficient (Wildman–Crippen LogP) is 2.98. The molecule has 0 saturated heterocycles. The summed E-state index contributed by atoms with van der Waals surface area (Å²) in [6.07, 6.45) is 2.07. The molecule has 1 heterocycles. The summed E-state index contributed by atoms with van der Waals surface area (Å²) in [5.41, 5.74) is 0.0754. The van der Waals surface area contributed by atoms with Gasteiger partial charge in [0.25, 0.3) is 0 Å². The summed E-state index contributed by atoms with van der Waals surface area (Å²) < 4.78 is 0. The lowest BCUT2D eigenvalue weighted by atomic mass is 9.83. The van der Waals surface area contributed by atoms with Crippen LogP contribution in [0.25, 0.3) is 0 Å². The molecule has 3 heteroatoms. The van der Waals surface area contributed by atoms with Gasteiger partial charge in [-0.3, -0.25) is 0 Å². The zero-order valence-corrected chi connectivity index (χ0v) is 11.4. The van der Waals surface area contributed by atoms with Gasteiger partial charge in [0.1, 0.15) is 0 Å². The van der Waals surface area contributed by atoms with Crippen LogP contribution in [0.15, 0.2) is 17.5 Å². The first-order valence-electron chi connectivity index (χ1n) is 5.97. The average molecular weight is 241 g/mol. The first kappa shape index (κ1) is 13.7. The minimum absolute atomic E-state index is 0.0754. The van der Waals surface area contributed by atoms with Crippen LogP contribution in [0.3, 0.4) is 0 Å². The molecule has 0 bridgehead atoms. The maximum Gasteiger partial charge on any atom is 0.0499 e. The van der Waals surface area contributed by atoms with Gasteiger partial charge < -0.3 is 10.0 Å². The molecule has 1 aromatic heterocycles. The lowest BCUT2D eigenvalue weighted by molar-refractivity contribution is 0.0734. The number of aliphatic hydroxyl groups excluding tert-OH is 1. The van der Waals surface area contributed by atoms with E-state index in [1.165, 1.54) is 4.88 Å². The van der Waals surface area contributed by atoms with Crippen LogP contribution in [0, 0.1) is 5.41 Å². The van der Waals surface area contributed by atoms with Crippen molar-refractivity contribution in [1.82, 2.24) is 4.90 Å². The average Bonchev–Trinajstić information content (AvgIpc) is 2.79. The highest BCUT2D eigenvalue weighted by atomic mass is 32.1. The molecule has 16 heavy (non-hydrogen) atoms. The summed E-state index contributed by atoms with van der Waals surface area (Å²) in [4.78, 5) is 3.70.